The molecule has 0 aliphatic heterocycles. The molecule has 1 N–H and O–H groups in total. The second kappa shape index (κ2) is 13.7. The number of nitrogens with one attached hydrogen (secondary N) is 1. The van der Waals surface area contributed by atoms with Crippen molar-refractivity contribution < 1.29 is 37.3 Å². The highest BCUT2D eigenvalue weighted by molar-refractivity contribution is 5.94. The van der Waals surface area contributed by atoms with E-state index in [9.17, 15) is 9.59 Å². The van der Waals surface area contributed by atoms with Crippen LogP contribution in [-0.2, 0) is 45.2 Å². The average molecular weight is 592 g/mol. The van der Waals surface area contributed by atoms with E-state index in [-0.39, 0.29) is 32.1 Å². The number of hydrogen-bond acceptors (Lipinski definition) is 7. The first-order chi connectivity index (χ1) is 20.5. The maximum absolute atomic E-state index is 16.0. The Morgan fingerprint density at radius 2 is 1.77 bits per heavy atom. The minimum absolute atomic E-state index is 0.0514. The van der Waals surface area contributed by atoms with Crippen LogP contribution in [0.25, 0.3) is 22.1 Å². The lowest BCUT2D eigenvalue weighted by Gasteiger charge is -2.20. The first-order valence-electron chi connectivity index (χ1n) is 14.1. The summed E-state index contributed by atoms with van der Waals surface area (Å²) in [6, 6.07) is 16.3. The zero-order valence-electron chi connectivity index (χ0n) is 25.5. The Bertz CT molecular complexity index is 1600. The lowest BCUT2D eigenvalue weighted by atomic mass is 9.98. The number of furan rings is 1. The first kappa shape index (κ1) is 31.6. The van der Waals surface area contributed by atoms with Crippen molar-refractivity contribution in [3.8, 4) is 16.9 Å². The van der Waals surface area contributed by atoms with Gasteiger partial charge < -0.3 is 28.7 Å². The molecule has 228 valence electrons. The van der Waals surface area contributed by atoms with Gasteiger partial charge in [0.25, 0.3) is 0 Å². The van der Waals surface area contributed by atoms with E-state index in [4.69, 9.17) is 23.4 Å². The second-order valence-electron chi connectivity index (χ2n) is 11.2. The van der Waals surface area contributed by atoms with E-state index in [2.05, 4.69) is 5.32 Å². The molecule has 4 rings (SSSR count). The van der Waals surface area contributed by atoms with Gasteiger partial charge in [-0.2, -0.15) is 0 Å². The minimum atomic E-state index is -0.671. The normalized spacial score (nSPS) is 11.4. The van der Waals surface area contributed by atoms with E-state index < -0.39 is 17.5 Å². The number of carbonyl (C=O) groups is 2. The summed E-state index contributed by atoms with van der Waals surface area (Å²) in [5.74, 6) is 0.345. The van der Waals surface area contributed by atoms with Crippen molar-refractivity contribution >= 4 is 23.0 Å². The third-order valence-electron chi connectivity index (χ3n) is 6.46. The molecule has 0 saturated heterocycles. The van der Waals surface area contributed by atoms with Crippen LogP contribution >= 0.6 is 0 Å². The molecule has 43 heavy (non-hydrogen) atoms. The van der Waals surface area contributed by atoms with Gasteiger partial charge in [-0.1, -0.05) is 30.3 Å². The van der Waals surface area contributed by atoms with Crippen LogP contribution in [0.2, 0.25) is 0 Å². The minimum Gasteiger partial charge on any atom is -0.489 e. The Hall–Kier alpha value is -4.37. The molecule has 1 amide bonds. The maximum atomic E-state index is 16.0. The molecule has 0 atom stereocenters. The molecule has 3 aromatic carbocycles. The zero-order valence-corrected chi connectivity index (χ0v) is 25.5. The highest BCUT2D eigenvalue weighted by atomic mass is 19.1. The van der Waals surface area contributed by atoms with Gasteiger partial charge in [-0.25, -0.2) is 9.18 Å². The molecule has 1 aromatic heterocycles. The van der Waals surface area contributed by atoms with Gasteiger partial charge in [0.2, 0.25) is 0 Å². The number of amides is 1. The molecule has 0 fully saturated rings. The number of hydrogen-bond donors (Lipinski definition) is 1. The highest BCUT2D eigenvalue weighted by Gasteiger charge is 2.20. The number of benzene rings is 3. The van der Waals surface area contributed by atoms with Crippen LogP contribution in [0, 0.1) is 12.7 Å². The van der Waals surface area contributed by atoms with Crippen LogP contribution in [-0.4, -0.2) is 31.4 Å². The topological polar surface area (TPSA) is 96.2 Å². The summed E-state index contributed by atoms with van der Waals surface area (Å²) in [5, 5.41) is 3.38. The van der Waals surface area contributed by atoms with E-state index >= 15 is 4.39 Å². The van der Waals surface area contributed by atoms with Crippen LogP contribution in [0.15, 0.2) is 59.0 Å². The number of halogens is 1. The fourth-order valence-corrected chi connectivity index (χ4v) is 4.64. The summed E-state index contributed by atoms with van der Waals surface area (Å²) in [4.78, 5) is 24.4. The Morgan fingerprint density at radius 1 is 0.977 bits per heavy atom. The summed E-state index contributed by atoms with van der Waals surface area (Å²) in [6.07, 6.45) is -0.543. The lowest BCUT2D eigenvalue weighted by Crippen LogP contribution is -2.32. The predicted molar refractivity (Wildman–Crippen MR) is 161 cm³/mol. The summed E-state index contributed by atoms with van der Waals surface area (Å²) >= 11 is 0. The van der Waals surface area contributed by atoms with Crippen molar-refractivity contribution in [1.29, 1.82) is 0 Å². The van der Waals surface area contributed by atoms with Gasteiger partial charge in [-0.05, 0) is 70.0 Å². The molecule has 0 saturated carbocycles. The molecule has 0 aliphatic rings. The van der Waals surface area contributed by atoms with Crippen LogP contribution in [0.5, 0.6) is 5.75 Å². The van der Waals surface area contributed by atoms with E-state index in [1.807, 2.05) is 43.3 Å². The van der Waals surface area contributed by atoms with Crippen LogP contribution in [0.4, 0.5) is 9.18 Å². The fraction of sp³-hybridized carbons (Fsp3) is 0.353. The Labute approximate surface area is 251 Å². The molecule has 4 aromatic rings. The van der Waals surface area contributed by atoms with Crippen molar-refractivity contribution in [1.82, 2.24) is 5.32 Å². The molecule has 0 unspecified atom stereocenters. The van der Waals surface area contributed by atoms with Gasteiger partial charge in [0.1, 0.15) is 41.7 Å². The second-order valence-corrected chi connectivity index (χ2v) is 11.2. The molecule has 0 spiro atoms. The number of rotatable bonds is 11. The Balaban J connectivity index is 1.67. The largest absolute Gasteiger partial charge is 0.489 e. The summed E-state index contributed by atoms with van der Waals surface area (Å²) in [7, 11) is 1.57. The molecule has 9 heteroatoms. The van der Waals surface area contributed by atoms with Crippen molar-refractivity contribution in [3.05, 3.63) is 88.4 Å². The van der Waals surface area contributed by atoms with E-state index in [1.54, 1.807) is 53.0 Å². The van der Waals surface area contributed by atoms with Crippen LogP contribution in [0.3, 0.4) is 0 Å². The molecule has 0 radical (unpaired) electrons. The van der Waals surface area contributed by atoms with Crippen LogP contribution in [0.1, 0.15) is 55.7 Å². The number of esters is 1. The molecular weight excluding hydrogens is 553 g/mol. The number of fused-ring (bicyclic) bond motifs is 1. The quantitative estimate of drug-likeness (QED) is 0.182. The van der Waals surface area contributed by atoms with E-state index in [0.29, 0.717) is 46.0 Å². The van der Waals surface area contributed by atoms with Gasteiger partial charge in [-0.15, -0.1) is 0 Å². The Morgan fingerprint density at radius 3 is 2.49 bits per heavy atom. The van der Waals surface area contributed by atoms with E-state index in [0.717, 1.165) is 16.5 Å². The van der Waals surface area contributed by atoms with Crippen molar-refractivity contribution in [3.63, 3.8) is 0 Å². The van der Waals surface area contributed by atoms with E-state index in [1.165, 1.54) is 0 Å². The van der Waals surface area contributed by atoms with Crippen molar-refractivity contribution in [2.45, 2.75) is 66.4 Å². The molecule has 1 heterocycles. The molecule has 8 nitrogen and oxygen atoms in total. The van der Waals surface area contributed by atoms with Gasteiger partial charge in [-0.3, -0.25) is 4.79 Å². The van der Waals surface area contributed by atoms with Crippen molar-refractivity contribution in [2.75, 3.05) is 13.7 Å². The van der Waals surface area contributed by atoms with Gasteiger partial charge in [0.15, 0.2) is 0 Å². The molecule has 0 aliphatic carbocycles. The number of aryl methyl sites for hydroxylation is 1. The predicted octanol–water partition coefficient (Wildman–Crippen LogP) is 7.40. The number of carbonyl (C=O) groups excluding carboxylic acids is 2. The van der Waals surface area contributed by atoms with Gasteiger partial charge in [0.05, 0.1) is 13.0 Å². The Kier molecular flexibility index (Phi) is 10.1. The zero-order chi connectivity index (χ0) is 31.1. The summed E-state index contributed by atoms with van der Waals surface area (Å²) in [5.41, 5.74) is 3.45. The fourth-order valence-electron chi connectivity index (χ4n) is 4.64. The monoisotopic (exact) mass is 591 g/mol. The number of methoxy groups -OCH3 is 1. The third-order valence-corrected chi connectivity index (χ3v) is 6.46. The standard InChI is InChI=1S/C34H38FNO7/c1-7-40-30(37)17-23-12-11-21(2)13-29(23)41-19-22-14-25-16-26(20-39-6)42-32(25)28(15-22)27-10-8-9-24(31(27)35)18-36-33(38)43-34(3,4)5/h8-16H,7,17-20H2,1-6H3,(H,36,38). The van der Waals surface area contributed by atoms with Crippen molar-refractivity contribution in [2.24, 2.45) is 0 Å². The third kappa shape index (κ3) is 8.35. The maximum Gasteiger partial charge on any atom is 0.407 e. The van der Waals surface area contributed by atoms with Crippen LogP contribution < -0.4 is 10.1 Å². The summed E-state index contributed by atoms with van der Waals surface area (Å²) in [6.45, 7) is 9.66. The highest BCUT2D eigenvalue weighted by Crippen LogP contribution is 2.36. The number of alkyl carbamates (subject to hydrolysis) is 1. The number of ether oxygens (including phenoxy) is 4. The first-order valence-corrected chi connectivity index (χ1v) is 14.1. The van der Waals surface area contributed by atoms with Gasteiger partial charge in [0, 0.05) is 41.3 Å². The lowest BCUT2D eigenvalue weighted by molar-refractivity contribution is -0.142. The molecule has 0 bridgehead atoms. The van der Waals surface area contributed by atoms with Gasteiger partial charge >= 0.3 is 12.1 Å². The average Bonchev–Trinajstić information content (AvgIpc) is 3.34. The smallest absolute Gasteiger partial charge is 0.407 e. The molecular formula is C34H38FNO7. The summed E-state index contributed by atoms with van der Waals surface area (Å²) < 4.78 is 43.9. The SMILES string of the molecule is CCOC(=O)Cc1ccc(C)cc1OCc1cc(-c2cccc(CNC(=O)OC(C)(C)C)c2F)c2oc(COC)cc2c1.